The summed E-state index contributed by atoms with van der Waals surface area (Å²) in [7, 11) is 1.75. The largest absolute Gasteiger partial charge is 0.385 e. The highest BCUT2D eigenvalue weighted by molar-refractivity contribution is 5.05. The van der Waals surface area contributed by atoms with Crippen LogP contribution >= 0.6 is 0 Å². The first-order valence-electron chi connectivity index (χ1n) is 5.59. The molecule has 0 aromatic carbocycles. The van der Waals surface area contributed by atoms with Gasteiger partial charge in [0.1, 0.15) is 0 Å². The highest BCUT2D eigenvalue weighted by Gasteiger charge is 2.54. The van der Waals surface area contributed by atoms with Crippen LogP contribution in [0.15, 0.2) is 5.11 Å². The molecule has 0 aromatic rings. The molecule has 0 amide bonds. The summed E-state index contributed by atoms with van der Waals surface area (Å²) in [5.41, 5.74) is 8.24. The highest BCUT2D eigenvalue weighted by Crippen LogP contribution is 2.51. The zero-order valence-corrected chi connectivity index (χ0v) is 9.17. The lowest BCUT2D eigenvalue weighted by Gasteiger charge is -2.18. The fraction of sp³-hybridized carbons (Fsp3) is 1.00. The maximum atomic E-state index is 8.24. The number of methoxy groups -OCH3 is 1. The molecule has 1 aliphatic heterocycles. The Hall–Kier alpha value is -0.770. The predicted molar refractivity (Wildman–Crippen MR) is 57.4 cm³/mol. The SMILES string of the molecule is COCCCN1CC2C(CN=[N+]=[N-])C2C1. The minimum Gasteiger partial charge on any atom is -0.385 e. The smallest absolute Gasteiger partial charge is 0.0474 e. The number of azide groups is 1. The topological polar surface area (TPSA) is 61.2 Å². The van der Waals surface area contributed by atoms with Crippen molar-refractivity contribution in [2.75, 3.05) is 39.9 Å². The molecule has 0 bridgehead atoms. The molecule has 2 rings (SSSR count). The lowest BCUT2D eigenvalue weighted by molar-refractivity contribution is 0.174. The summed E-state index contributed by atoms with van der Waals surface area (Å²) in [5, 5.41) is 3.66. The number of nitrogens with zero attached hydrogens (tertiary/aromatic N) is 4. The first kappa shape index (κ1) is 10.7. The molecule has 1 saturated heterocycles. The third kappa shape index (κ3) is 2.43. The minimum absolute atomic E-state index is 0.680. The molecular weight excluding hydrogens is 192 g/mol. The van der Waals surface area contributed by atoms with Crippen LogP contribution in [0.25, 0.3) is 10.4 Å². The number of likely N-dealkylation sites (tertiary alicyclic amines) is 1. The van der Waals surface area contributed by atoms with Crippen LogP contribution in [0.3, 0.4) is 0 Å². The molecule has 5 nitrogen and oxygen atoms in total. The number of piperidine rings is 1. The summed E-state index contributed by atoms with van der Waals surface area (Å²) in [6, 6.07) is 0. The van der Waals surface area contributed by atoms with E-state index >= 15 is 0 Å². The number of fused-ring (bicyclic) bond motifs is 1. The molecule has 2 atom stereocenters. The van der Waals surface area contributed by atoms with Gasteiger partial charge >= 0.3 is 0 Å². The summed E-state index contributed by atoms with van der Waals surface area (Å²) in [6.07, 6.45) is 1.12. The molecule has 0 spiro atoms. The third-order valence-electron chi connectivity index (χ3n) is 3.63. The highest BCUT2D eigenvalue weighted by atomic mass is 16.5. The Labute approximate surface area is 90.0 Å². The van der Waals surface area contributed by atoms with Gasteiger partial charge in [-0.3, -0.25) is 0 Å². The van der Waals surface area contributed by atoms with Crippen molar-refractivity contribution in [1.29, 1.82) is 0 Å². The van der Waals surface area contributed by atoms with E-state index in [0.29, 0.717) is 12.5 Å². The summed E-state index contributed by atoms with van der Waals surface area (Å²) in [5.74, 6) is 2.29. The summed E-state index contributed by atoms with van der Waals surface area (Å²) < 4.78 is 5.03. The Kier molecular flexibility index (Phi) is 3.46. The van der Waals surface area contributed by atoms with Gasteiger partial charge < -0.3 is 9.64 Å². The maximum absolute atomic E-state index is 8.24. The van der Waals surface area contributed by atoms with E-state index < -0.39 is 0 Å². The van der Waals surface area contributed by atoms with Gasteiger partial charge in [-0.15, -0.1) is 0 Å². The van der Waals surface area contributed by atoms with E-state index in [1.165, 1.54) is 13.1 Å². The average Bonchev–Trinajstić information content (AvgIpc) is 2.71. The van der Waals surface area contributed by atoms with Crippen molar-refractivity contribution in [3.8, 4) is 0 Å². The van der Waals surface area contributed by atoms with E-state index in [9.17, 15) is 0 Å². The number of ether oxygens (including phenoxy) is 1. The first-order valence-corrected chi connectivity index (χ1v) is 5.59. The van der Waals surface area contributed by atoms with Crippen LogP contribution < -0.4 is 0 Å². The fourth-order valence-corrected chi connectivity index (χ4v) is 2.75. The van der Waals surface area contributed by atoms with E-state index in [4.69, 9.17) is 10.3 Å². The molecule has 2 unspecified atom stereocenters. The fourth-order valence-electron chi connectivity index (χ4n) is 2.75. The monoisotopic (exact) mass is 210 g/mol. The molecule has 0 aromatic heterocycles. The van der Waals surface area contributed by atoms with Gasteiger partial charge in [0.25, 0.3) is 0 Å². The average molecular weight is 210 g/mol. The van der Waals surface area contributed by atoms with Crippen molar-refractivity contribution in [3.63, 3.8) is 0 Å². The lowest BCUT2D eigenvalue weighted by Crippen LogP contribution is -2.26. The van der Waals surface area contributed by atoms with Crippen molar-refractivity contribution in [2.24, 2.45) is 22.9 Å². The molecule has 5 heteroatoms. The second kappa shape index (κ2) is 4.84. The summed E-state index contributed by atoms with van der Waals surface area (Å²) >= 11 is 0. The van der Waals surface area contributed by atoms with E-state index in [2.05, 4.69) is 14.9 Å². The van der Waals surface area contributed by atoms with Gasteiger partial charge in [0.15, 0.2) is 0 Å². The molecule has 1 saturated carbocycles. The maximum Gasteiger partial charge on any atom is 0.0474 e. The van der Waals surface area contributed by atoms with Crippen LogP contribution in [0.4, 0.5) is 0 Å². The Bertz CT molecular complexity index is 252. The van der Waals surface area contributed by atoms with Crippen molar-refractivity contribution >= 4 is 0 Å². The van der Waals surface area contributed by atoms with Crippen LogP contribution in [0.5, 0.6) is 0 Å². The minimum atomic E-state index is 0.680. The van der Waals surface area contributed by atoms with Crippen molar-refractivity contribution < 1.29 is 4.74 Å². The van der Waals surface area contributed by atoms with Gasteiger partial charge in [-0.25, -0.2) is 0 Å². The van der Waals surface area contributed by atoms with E-state index in [1.54, 1.807) is 7.11 Å². The molecule has 0 radical (unpaired) electrons. The van der Waals surface area contributed by atoms with Gasteiger partial charge in [0.2, 0.25) is 0 Å². The van der Waals surface area contributed by atoms with Crippen LogP contribution in [0.2, 0.25) is 0 Å². The summed E-state index contributed by atoms with van der Waals surface area (Å²) in [4.78, 5) is 5.32. The standard InChI is InChI=1S/C10H18N4O/c1-15-4-2-3-14-6-9-8(5-12-13-11)10(9)7-14/h8-10H,2-7H2,1H3. The number of hydrogen-bond donors (Lipinski definition) is 0. The normalized spacial score (nSPS) is 33.5. The van der Waals surface area contributed by atoms with Crippen LogP contribution in [-0.2, 0) is 4.74 Å². The molecule has 84 valence electrons. The molecule has 15 heavy (non-hydrogen) atoms. The quantitative estimate of drug-likeness (QED) is 0.289. The first-order chi connectivity index (χ1) is 7.36. The van der Waals surface area contributed by atoms with E-state index in [0.717, 1.165) is 31.4 Å². The third-order valence-corrected chi connectivity index (χ3v) is 3.63. The number of hydrogen-bond acceptors (Lipinski definition) is 3. The second-order valence-corrected chi connectivity index (χ2v) is 4.51. The molecular formula is C10H18N4O. The molecule has 2 fully saturated rings. The Balaban J connectivity index is 1.62. The summed E-state index contributed by atoms with van der Waals surface area (Å²) in [6.45, 7) is 5.10. The Morgan fingerprint density at radius 2 is 2.20 bits per heavy atom. The van der Waals surface area contributed by atoms with E-state index in [-0.39, 0.29) is 0 Å². The van der Waals surface area contributed by atoms with E-state index in [1.807, 2.05) is 0 Å². The molecule has 0 N–H and O–H groups in total. The predicted octanol–water partition coefficient (Wildman–Crippen LogP) is 1.51. The van der Waals surface area contributed by atoms with Crippen molar-refractivity contribution in [2.45, 2.75) is 6.42 Å². The number of rotatable bonds is 6. The second-order valence-electron chi connectivity index (χ2n) is 4.51. The van der Waals surface area contributed by atoms with Crippen LogP contribution in [0.1, 0.15) is 6.42 Å². The Morgan fingerprint density at radius 3 is 2.80 bits per heavy atom. The zero-order chi connectivity index (χ0) is 10.7. The molecule has 1 heterocycles. The lowest BCUT2D eigenvalue weighted by atomic mass is 10.2. The van der Waals surface area contributed by atoms with Gasteiger partial charge in [0.05, 0.1) is 0 Å². The van der Waals surface area contributed by atoms with Crippen LogP contribution in [0, 0.1) is 17.8 Å². The zero-order valence-electron chi connectivity index (χ0n) is 9.17. The van der Waals surface area contributed by atoms with Gasteiger partial charge in [0, 0.05) is 44.8 Å². The van der Waals surface area contributed by atoms with Gasteiger partial charge in [-0.2, -0.15) is 0 Å². The molecule has 2 aliphatic rings. The van der Waals surface area contributed by atoms with Gasteiger partial charge in [-0.1, -0.05) is 5.11 Å². The van der Waals surface area contributed by atoms with Crippen LogP contribution in [-0.4, -0.2) is 44.8 Å². The molecule has 1 aliphatic carbocycles. The van der Waals surface area contributed by atoms with Gasteiger partial charge in [-0.05, 0) is 29.7 Å². The Morgan fingerprint density at radius 1 is 1.47 bits per heavy atom. The van der Waals surface area contributed by atoms with Crippen molar-refractivity contribution in [1.82, 2.24) is 4.90 Å². The van der Waals surface area contributed by atoms with Crippen molar-refractivity contribution in [3.05, 3.63) is 10.4 Å².